The molecular weight excluding hydrogens is 408 g/mol. The van der Waals surface area contributed by atoms with Crippen LogP contribution < -0.4 is 10.1 Å². The molecule has 0 radical (unpaired) electrons. The van der Waals surface area contributed by atoms with E-state index in [1.54, 1.807) is 25.3 Å². The highest BCUT2D eigenvalue weighted by molar-refractivity contribution is 7.98. The van der Waals surface area contributed by atoms with E-state index >= 15 is 0 Å². The predicted octanol–water partition coefficient (Wildman–Crippen LogP) is 5.03. The van der Waals surface area contributed by atoms with Gasteiger partial charge < -0.3 is 9.15 Å². The molecule has 0 saturated carbocycles. The van der Waals surface area contributed by atoms with Gasteiger partial charge in [0.2, 0.25) is 0 Å². The Bertz CT molecular complexity index is 1170. The minimum absolute atomic E-state index is 0.290. The Balaban J connectivity index is 1.63. The number of thioether (sulfide) groups is 1. The monoisotopic (exact) mass is 426 g/mol. The smallest absolute Gasteiger partial charge is 0.262 e. The van der Waals surface area contributed by atoms with Crippen LogP contribution in [0.3, 0.4) is 0 Å². The van der Waals surface area contributed by atoms with E-state index in [0.717, 1.165) is 16.0 Å². The van der Waals surface area contributed by atoms with Crippen molar-refractivity contribution in [1.29, 1.82) is 0 Å². The third-order valence-corrected chi connectivity index (χ3v) is 5.73. The molecule has 0 bridgehead atoms. The van der Waals surface area contributed by atoms with Crippen molar-refractivity contribution < 1.29 is 13.9 Å². The molecule has 1 amide bonds. The lowest BCUT2D eigenvalue weighted by Crippen LogP contribution is -2.16. The number of nitrogens with zero attached hydrogens (tertiary/aromatic N) is 3. The lowest BCUT2D eigenvalue weighted by atomic mass is 10.2. The molecule has 148 valence electrons. The maximum absolute atomic E-state index is 13.0. The van der Waals surface area contributed by atoms with Crippen LogP contribution in [0.25, 0.3) is 21.8 Å². The Morgan fingerprint density at radius 2 is 2.14 bits per heavy atom. The van der Waals surface area contributed by atoms with Crippen LogP contribution >= 0.6 is 23.1 Å². The minimum atomic E-state index is -0.290. The molecule has 0 atom stereocenters. The van der Waals surface area contributed by atoms with Crippen LogP contribution in [0.5, 0.6) is 5.75 Å². The van der Waals surface area contributed by atoms with Crippen molar-refractivity contribution in [3.8, 4) is 17.3 Å². The van der Waals surface area contributed by atoms with Crippen LogP contribution in [0.4, 0.5) is 5.13 Å². The first-order valence-corrected chi connectivity index (χ1v) is 10.9. The summed E-state index contributed by atoms with van der Waals surface area (Å²) in [6.07, 6.45) is 3.44. The molecule has 9 heteroatoms. The number of ether oxygens (including phenoxy) is 1. The molecule has 4 aromatic rings. The van der Waals surface area contributed by atoms with Crippen LogP contribution in [0.1, 0.15) is 23.0 Å². The second-order valence-electron chi connectivity index (χ2n) is 6.03. The summed E-state index contributed by atoms with van der Waals surface area (Å²) in [6.45, 7) is 4.32. The molecule has 7 nitrogen and oxygen atoms in total. The molecule has 0 aliphatic heterocycles. The Morgan fingerprint density at radius 3 is 2.86 bits per heavy atom. The molecule has 0 saturated heterocycles. The summed E-state index contributed by atoms with van der Waals surface area (Å²) in [7, 11) is 0. The van der Waals surface area contributed by atoms with E-state index in [0.29, 0.717) is 39.6 Å². The van der Waals surface area contributed by atoms with Crippen LogP contribution in [0.2, 0.25) is 0 Å². The van der Waals surface area contributed by atoms with Gasteiger partial charge in [0.05, 0.1) is 34.3 Å². The van der Waals surface area contributed by atoms with E-state index in [1.807, 2.05) is 31.4 Å². The molecule has 0 aliphatic carbocycles. The predicted molar refractivity (Wildman–Crippen MR) is 115 cm³/mol. The number of carbonyl (C=O) groups excluding carboxylic acids is 1. The molecule has 0 unspecified atom stereocenters. The quantitative estimate of drug-likeness (QED) is 0.342. The molecule has 1 N–H and O–H groups in total. The lowest BCUT2D eigenvalue weighted by Gasteiger charge is -2.10. The number of carbonyl (C=O) groups is 1. The van der Waals surface area contributed by atoms with Gasteiger partial charge in [0, 0.05) is 0 Å². The van der Waals surface area contributed by atoms with Crippen molar-refractivity contribution in [1.82, 2.24) is 15.0 Å². The average Bonchev–Trinajstić information content (AvgIpc) is 3.36. The van der Waals surface area contributed by atoms with Gasteiger partial charge >= 0.3 is 0 Å². The number of fused-ring (bicyclic) bond motifs is 1. The van der Waals surface area contributed by atoms with Crippen LogP contribution in [0, 0.1) is 6.92 Å². The number of thiazole rings is 1. The number of benzene rings is 1. The highest BCUT2D eigenvalue weighted by atomic mass is 32.2. The summed E-state index contributed by atoms with van der Waals surface area (Å²) in [5, 5.41) is 3.98. The van der Waals surface area contributed by atoms with Gasteiger partial charge in [-0.1, -0.05) is 11.3 Å². The summed E-state index contributed by atoms with van der Waals surface area (Å²) < 4.78 is 11.8. The van der Waals surface area contributed by atoms with Gasteiger partial charge in [0.15, 0.2) is 16.7 Å². The van der Waals surface area contributed by atoms with Gasteiger partial charge in [0.25, 0.3) is 5.91 Å². The summed E-state index contributed by atoms with van der Waals surface area (Å²) in [5.74, 6) is 1.51. The molecule has 4 rings (SSSR count). The summed E-state index contributed by atoms with van der Waals surface area (Å²) in [5.41, 5.74) is 1.81. The van der Waals surface area contributed by atoms with Gasteiger partial charge in [-0.3, -0.25) is 10.1 Å². The first-order chi connectivity index (χ1) is 14.1. The van der Waals surface area contributed by atoms with Gasteiger partial charge in [0.1, 0.15) is 10.8 Å². The number of amides is 1. The second kappa shape index (κ2) is 8.22. The van der Waals surface area contributed by atoms with Crippen molar-refractivity contribution in [2.24, 2.45) is 0 Å². The van der Waals surface area contributed by atoms with Gasteiger partial charge in [-0.2, -0.15) is 0 Å². The number of aromatic nitrogens is 3. The Kier molecular flexibility index (Phi) is 5.50. The first kappa shape index (κ1) is 19.4. The molecule has 3 aromatic heterocycles. The second-order valence-corrected chi connectivity index (χ2v) is 7.86. The fraction of sp³-hybridized carbons (Fsp3) is 0.200. The van der Waals surface area contributed by atoms with Gasteiger partial charge in [-0.05, 0) is 50.4 Å². The Hall–Kier alpha value is -2.91. The fourth-order valence-corrected chi connectivity index (χ4v) is 4.36. The molecular formula is C20H18N4O3S2. The standard InChI is InChI=1S/C20H18N4O3S2/c1-4-26-12-7-8-13-15(10-12)29-20(22-13)24-18(25)16-11(2)21-17(23-19(16)28-3)14-6-5-9-27-14/h5-10H,4H2,1-3H3,(H,22,24,25). The van der Waals surface area contributed by atoms with E-state index in [-0.39, 0.29) is 5.91 Å². The van der Waals surface area contributed by atoms with Gasteiger partial charge in [-0.25, -0.2) is 15.0 Å². The van der Waals surface area contributed by atoms with Crippen LogP contribution in [-0.2, 0) is 0 Å². The third-order valence-electron chi connectivity index (χ3n) is 4.11. The number of hydrogen-bond acceptors (Lipinski definition) is 8. The molecule has 0 aliphatic rings. The third kappa shape index (κ3) is 3.96. The Morgan fingerprint density at radius 1 is 1.28 bits per heavy atom. The number of rotatable bonds is 6. The SMILES string of the molecule is CCOc1ccc2nc(NC(=O)c3c(C)nc(-c4ccco4)nc3SC)sc2c1. The maximum Gasteiger partial charge on any atom is 0.262 e. The fourth-order valence-electron chi connectivity index (χ4n) is 2.85. The minimum Gasteiger partial charge on any atom is -0.494 e. The highest BCUT2D eigenvalue weighted by Crippen LogP contribution is 2.31. The largest absolute Gasteiger partial charge is 0.494 e. The van der Waals surface area contributed by atoms with Crippen molar-refractivity contribution in [2.45, 2.75) is 18.9 Å². The van der Waals surface area contributed by atoms with E-state index in [1.165, 1.54) is 23.1 Å². The number of nitrogens with one attached hydrogen (secondary N) is 1. The highest BCUT2D eigenvalue weighted by Gasteiger charge is 2.21. The molecule has 29 heavy (non-hydrogen) atoms. The summed E-state index contributed by atoms with van der Waals surface area (Å²) in [6, 6.07) is 9.24. The zero-order valence-corrected chi connectivity index (χ0v) is 17.7. The molecule has 0 fully saturated rings. The first-order valence-electron chi connectivity index (χ1n) is 8.90. The maximum atomic E-state index is 13.0. The topological polar surface area (TPSA) is 90.1 Å². The zero-order chi connectivity index (χ0) is 20.4. The number of hydrogen-bond donors (Lipinski definition) is 1. The van der Waals surface area contributed by atoms with Crippen molar-refractivity contribution >= 4 is 44.4 Å². The molecule has 1 aromatic carbocycles. The number of furan rings is 1. The molecule has 3 heterocycles. The van der Waals surface area contributed by atoms with E-state index in [4.69, 9.17) is 9.15 Å². The van der Waals surface area contributed by atoms with Crippen molar-refractivity contribution in [2.75, 3.05) is 18.2 Å². The van der Waals surface area contributed by atoms with Crippen molar-refractivity contribution in [3.05, 3.63) is 47.9 Å². The number of anilines is 1. The van der Waals surface area contributed by atoms with E-state index in [9.17, 15) is 4.79 Å². The summed E-state index contributed by atoms with van der Waals surface area (Å²) >= 11 is 2.78. The van der Waals surface area contributed by atoms with E-state index < -0.39 is 0 Å². The zero-order valence-electron chi connectivity index (χ0n) is 16.1. The van der Waals surface area contributed by atoms with Crippen LogP contribution in [0.15, 0.2) is 46.0 Å². The Labute approximate surface area is 175 Å². The lowest BCUT2D eigenvalue weighted by molar-refractivity contribution is 0.102. The number of aryl methyl sites for hydroxylation is 1. The molecule has 0 spiro atoms. The van der Waals surface area contributed by atoms with E-state index in [2.05, 4.69) is 20.3 Å². The van der Waals surface area contributed by atoms with Gasteiger partial charge in [-0.15, -0.1) is 11.8 Å². The van der Waals surface area contributed by atoms with Crippen molar-refractivity contribution in [3.63, 3.8) is 0 Å². The summed E-state index contributed by atoms with van der Waals surface area (Å²) in [4.78, 5) is 26.4. The van der Waals surface area contributed by atoms with Crippen LogP contribution in [-0.4, -0.2) is 33.7 Å². The average molecular weight is 427 g/mol. The normalized spacial score (nSPS) is 11.0.